The molecule has 1 aliphatic carbocycles. The van der Waals surface area contributed by atoms with Crippen LogP contribution in [-0.2, 0) is 9.59 Å². The zero-order valence-electron chi connectivity index (χ0n) is 14.2. The Kier molecular flexibility index (Phi) is 3.97. The minimum Gasteiger partial charge on any atom is -0.339 e. The average molecular weight is 345 g/mol. The Morgan fingerprint density at radius 1 is 1.28 bits per heavy atom. The van der Waals surface area contributed by atoms with Crippen molar-refractivity contribution in [2.45, 2.75) is 50.1 Å². The fourth-order valence-corrected chi connectivity index (χ4v) is 4.28. The molecule has 8 heteroatoms. The summed E-state index contributed by atoms with van der Waals surface area (Å²) in [6.07, 6.45) is 10.5. The van der Waals surface area contributed by atoms with Crippen molar-refractivity contribution in [1.29, 1.82) is 0 Å². The number of nitrogens with one attached hydrogen (secondary N) is 1. The van der Waals surface area contributed by atoms with E-state index in [0.717, 1.165) is 30.6 Å². The molecule has 2 aliphatic heterocycles. The van der Waals surface area contributed by atoms with Crippen LogP contribution in [-0.4, -0.2) is 62.4 Å². The second-order valence-corrected chi connectivity index (χ2v) is 7.26. The third kappa shape index (κ3) is 2.79. The molecule has 1 aromatic heterocycles. The van der Waals surface area contributed by atoms with Crippen molar-refractivity contribution in [3.8, 4) is 0 Å². The number of aromatic nitrogens is 2. The monoisotopic (exact) mass is 345 g/mol. The van der Waals surface area contributed by atoms with Crippen LogP contribution in [0.4, 0.5) is 4.79 Å². The zero-order valence-corrected chi connectivity index (χ0v) is 14.2. The second kappa shape index (κ2) is 6.16. The number of imide groups is 1. The molecule has 4 amide bonds. The fourth-order valence-electron chi connectivity index (χ4n) is 4.28. The van der Waals surface area contributed by atoms with Crippen LogP contribution in [0.15, 0.2) is 18.7 Å². The molecule has 3 aliphatic rings. The maximum Gasteiger partial charge on any atom is 0.325 e. The Morgan fingerprint density at radius 2 is 2.08 bits per heavy atom. The first-order valence-corrected chi connectivity index (χ1v) is 8.98. The molecule has 1 atom stereocenters. The van der Waals surface area contributed by atoms with E-state index >= 15 is 0 Å². The molecule has 4 rings (SSSR count). The zero-order chi connectivity index (χ0) is 17.4. The lowest BCUT2D eigenvalue weighted by Crippen LogP contribution is -2.48. The van der Waals surface area contributed by atoms with Crippen LogP contribution < -0.4 is 5.32 Å². The van der Waals surface area contributed by atoms with Gasteiger partial charge in [0.05, 0.1) is 12.4 Å². The number of likely N-dealkylation sites (tertiary alicyclic amines) is 1. The van der Waals surface area contributed by atoms with Gasteiger partial charge in [-0.1, -0.05) is 12.8 Å². The number of imidazole rings is 1. The van der Waals surface area contributed by atoms with Crippen molar-refractivity contribution in [3.05, 3.63) is 18.7 Å². The van der Waals surface area contributed by atoms with Crippen molar-refractivity contribution in [1.82, 2.24) is 24.7 Å². The topological polar surface area (TPSA) is 87.5 Å². The number of carbonyl (C=O) groups excluding carboxylic acids is 3. The Labute approximate surface area is 146 Å². The summed E-state index contributed by atoms with van der Waals surface area (Å²) in [6.45, 7) is 1.09. The molecular formula is C17H23N5O3. The average Bonchev–Trinajstić information content (AvgIpc) is 3.34. The minimum absolute atomic E-state index is 0.164. The smallest absolute Gasteiger partial charge is 0.325 e. The van der Waals surface area contributed by atoms with Gasteiger partial charge < -0.3 is 14.8 Å². The van der Waals surface area contributed by atoms with Gasteiger partial charge in [0.15, 0.2) is 0 Å². The Balaban J connectivity index is 1.41. The molecule has 134 valence electrons. The standard InChI is InChI=1S/C17H23N5O3/c23-14(20-8-3-4-13(10-20)21-9-7-18-12-21)11-22-15(24)17(19-16(22)25)5-1-2-6-17/h7,9,12-13H,1-6,8,10-11H2,(H,19,25). The lowest BCUT2D eigenvalue weighted by atomic mass is 9.98. The Bertz CT molecular complexity index is 680. The van der Waals surface area contributed by atoms with E-state index in [1.807, 2.05) is 10.8 Å². The second-order valence-electron chi connectivity index (χ2n) is 7.26. The third-order valence-electron chi connectivity index (χ3n) is 5.69. The molecular weight excluding hydrogens is 322 g/mol. The Hall–Kier alpha value is -2.38. The summed E-state index contributed by atoms with van der Waals surface area (Å²) in [5, 5.41) is 2.82. The van der Waals surface area contributed by atoms with E-state index in [1.165, 1.54) is 0 Å². The molecule has 0 bridgehead atoms. The number of urea groups is 1. The quantitative estimate of drug-likeness (QED) is 0.825. The highest BCUT2D eigenvalue weighted by Gasteiger charge is 2.52. The van der Waals surface area contributed by atoms with Crippen LogP contribution in [0, 0.1) is 0 Å². The number of nitrogens with zero attached hydrogens (tertiary/aromatic N) is 4. The van der Waals surface area contributed by atoms with Crippen LogP contribution in [0.25, 0.3) is 0 Å². The van der Waals surface area contributed by atoms with Gasteiger partial charge in [-0.25, -0.2) is 9.78 Å². The first-order chi connectivity index (χ1) is 12.1. The van der Waals surface area contributed by atoms with Crippen molar-refractivity contribution >= 4 is 17.8 Å². The van der Waals surface area contributed by atoms with Crippen molar-refractivity contribution in [2.75, 3.05) is 19.6 Å². The lowest BCUT2D eigenvalue weighted by molar-refractivity contribution is -0.139. The number of rotatable bonds is 3. The van der Waals surface area contributed by atoms with E-state index in [4.69, 9.17) is 0 Å². The third-order valence-corrected chi connectivity index (χ3v) is 5.69. The maximum atomic E-state index is 12.7. The van der Waals surface area contributed by atoms with Crippen LogP contribution >= 0.6 is 0 Å². The minimum atomic E-state index is -0.751. The van der Waals surface area contributed by atoms with Crippen LogP contribution in [0.1, 0.15) is 44.6 Å². The predicted molar refractivity (Wildman–Crippen MR) is 88.5 cm³/mol. The molecule has 8 nitrogen and oxygen atoms in total. The first kappa shape index (κ1) is 16.1. The predicted octanol–water partition coefficient (Wildman–Crippen LogP) is 0.911. The molecule has 2 saturated heterocycles. The number of piperidine rings is 1. The Morgan fingerprint density at radius 3 is 2.80 bits per heavy atom. The van der Waals surface area contributed by atoms with E-state index in [2.05, 4.69) is 10.3 Å². The van der Waals surface area contributed by atoms with Gasteiger partial charge in [0, 0.05) is 25.5 Å². The van der Waals surface area contributed by atoms with E-state index in [-0.39, 0.29) is 24.4 Å². The van der Waals surface area contributed by atoms with E-state index < -0.39 is 11.6 Å². The normalized spacial score (nSPS) is 25.7. The molecule has 1 N–H and O–H groups in total. The summed E-state index contributed by atoms with van der Waals surface area (Å²) >= 11 is 0. The molecule has 3 heterocycles. The molecule has 0 radical (unpaired) electrons. The highest BCUT2D eigenvalue weighted by Crippen LogP contribution is 2.35. The summed E-state index contributed by atoms with van der Waals surface area (Å²) in [5.41, 5.74) is -0.751. The van der Waals surface area contributed by atoms with Gasteiger partial charge in [0.1, 0.15) is 12.1 Å². The highest BCUT2D eigenvalue weighted by atomic mass is 16.2. The van der Waals surface area contributed by atoms with Gasteiger partial charge in [0.25, 0.3) is 5.91 Å². The SMILES string of the molecule is O=C(CN1C(=O)NC2(CCCC2)C1=O)N1CCCC(n2ccnc2)C1. The fraction of sp³-hybridized carbons (Fsp3) is 0.647. The van der Waals surface area contributed by atoms with E-state index in [9.17, 15) is 14.4 Å². The summed E-state index contributed by atoms with van der Waals surface area (Å²) in [4.78, 5) is 44.5. The van der Waals surface area contributed by atoms with Gasteiger partial charge in [-0.2, -0.15) is 0 Å². The molecule has 0 aromatic carbocycles. The van der Waals surface area contributed by atoms with Crippen LogP contribution in [0.5, 0.6) is 0 Å². The van der Waals surface area contributed by atoms with Crippen molar-refractivity contribution in [2.24, 2.45) is 0 Å². The van der Waals surface area contributed by atoms with Crippen LogP contribution in [0.2, 0.25) is 0 Å². The summed E-state index contributed by atoms with van der Waals surface area (Å²) in [7, 11) is 0. The molecule has 1 spiro atoms. The number of hydrogen-bond acceptors (Lipinski definition) is 4. The molecule has 1 unspecified atom stereocenters. The number of hydrogen-bond donors (Lipinski definition) is 1. The highest BCUT2D eigenvalue weighted by molar-refractivity contribution is 6.09. The van der Waals surface area contributed by atoms with Crippen molar-refractivity contribution in [3.63, 3.8) is 0 Å². The molecule has 3 fully saturated rings. The molecule has 1 aromatic rings. The largest absolute Gasteiger partial charge is 0.339 e. The van der Waals surface area contributed by atoms with Gasteiger partial charge in [0.2, 0.25) is 5.91 Å². The summed E-state index contributed by atoms with van der Waals surface area (Å²) in [5.74, 6) is -0.394. The maximum absolute atomic E-state index is 12.7. The molecule has 25 heavy (non-hydrogen) atoms. The number of amides is 4. The van der Waals surface area contributed by atoms with Gasteiger partial charge in [-0.3, -0.25) is 14.5 Å². The number of carbonyl (C=O) groups is 3. The molecule has 1 saturated carbocycles. The van der Waals surface area contributed by atoms with Gasteiger partial charge in [-0.15, -0.1) is 0 Å². The van der Waals surface area contributed by atoms with Crippen LogP contribution in [0.3, 0.4) is 0 Å². The van der Waals surface area contributed by atoms with E-state index in [0.29, 0.717) is 25.9 Å². The van der Waals surface area contributed by atoms with Gasteiger partial charge in [-0.05, 0) is 25.7 Å². The van der Waals surface area contributed by atoms with Gasteiger partial charge >= 0.3 is 6.03 Å². The van der Waals surface area contributed by atoms with E-state index in [1.54, 1.807) is 17.4 Å². The van der Waals surface area contributed by atoms with Crippen molar-refractivity contribution < 1.29 is 14.4 Å². The lowest BCUT2D eigenvalue weighted by Gasteiger charge is -2.34. The first-order valence-electron chi connectivity index (χ1n) is 8.98. The summed E-state index contributed by atoms with van der Waals surface area (Å²) in [6, 6.07) is -0.229. The summed E-state index contributed by atoms with van der Waals surface area (Å²) < 4.78 is 2.01.